The highest BCUT2D eigenvalue weighted by atomic mass is 32.2. The number of benzene rings is 1. The molecule has 1 heterocycles. The lowest BCUT2D eigenvalue weighted by Crippen LogP contribution is -2.26. The van der Waals surface area contributed by atoms with E-state index in [2.05, 4.69) is 15.0 Å². The van der Waals surface area contributed by atoms with Crippen LogP contribution < -0.4 is 14.9 Å². The van der Waals surface area contributed by atoms with E-state index in [1.54, 1.807) is 23.6 Å². The van der Waals surface area contributed by atoms with E-state index >= 15 is 0 Å². The Morgan fingerprint density at radius 3 is 2.67 bits per heavy atom. The molecule has 3 N–H and O–H groups in total. The van der Waals surface area contributed by atoms with Gasteiger partial charge in [-0.25, -0.2) is 13.1 Å². The first kappa shape index (κ1) is 15.9. The van der Waals surface area contributed by atoms with Crippen LogP contribution in [0.25, 0.3) is 0 Å². The molecule has 2 rings (SSSR count). The molecule has 2 aromatic rings. The molecule has 0 atom stereocenters. The summed E-state index contributed by atoms with van der Waals surface area (Å²) in [6, 6.07) is 6.85. The molecule has 0 fully saturated rings. The van der Waals surface area contributed by atoms with Gasteiger partial charge in [0.25, 0.3) is 0 Å². The van der Waals surface area contributed by atoms with Crippen LogP contribution in [0, 0.1) is 0 Å². The van der Waals surface area contributed by atoms with Crippen LogP contribution in [0.2, 0.25) is 0 Å². The van der Waals surface area contributed by atoms with E-state index in [9.17, 15) is 13.2 Å². The van der Waals surface area contributed by atoms with Crippen LogP contribution in [0.4, 0.5) is 0 Å². The second-order valence-electron chi connectivity index (χ2n) is 4.39. The van der Waals surface area contributed by atoms with Crippen molar-refractivity contribution in [3.8, 4) is 0 Å². The third kappa shape index (κ3) is 4.24. The van der Waals surface area contributed by atoms with E-state index < -0.39 is 10.0 Å². The normalized spacial score (nSPS) is 11.7. The van der Waals surface area contributed by atoms with Crippen molar-refractivity contribution in [2.75, 3.05) is 6.54 Å². The fourth-order valence-corrected chi connectivity index (χ4v) is 3.65. The second kappa shape index (κ2) is 6.99. The van der Waals surface area contributed by atoms with E-state index in [4.69, 9.17) is 0 Å². The maximum Gasteiger partial charge on any atom is 0.304 e. The van der Waals surface area contributed by atoms with Gasteiger partial charge in [-0.3, -0.25) is 4.79 Å². The van der Waals surface area contributed by atoms with Gasteiger partial charge in [-0.15, -0.1) is 0 Å². The number of nitrogens with one attached hydrogen (secondary N) is 3. The molecule has 1 aromatic carbocycles. The Morgan fingerprint density at radius 1 is 1.24 bits per heavy atom. The third-order valence-electron chi connectivity index (χ3n) is 2.85. The first-order chi connectivity index (χ1) is 10.0. The molecule has 0 radical (unpaired) electrons. The highest BCUT2D eigenvalue weighted by Gasteiger charge is 2.17. The predicted octanol–water partition coefficient (Wildman–Crippen LogP) is 1.02. The van der Waals surface area contributed by atoms with Gasteiger partial charge in [0.15, 0.2) is 0 Å². The van der Waals surface area contributed by atoms with Gasteiger partial charge in [-0.05, 0) is 18.2 Å². The molecular weight excluding hydrogens is 310 g/mol. The monoisotopic (exact) mass is 327 g/mol. The Hall–Kier alpha value is -1.48. The lowest BCUT2D eigenvalue weighted by Gasteiger charge is -2.11. The third-order valence-corrected chi connectivity index (χ3v) is 5.07. The summed E-state index contributed by atoms with van der Waals surface area (Å²) in [5.74, 6) is 0. The summed E-state index contributed by atoms with van der Waals surface area (Å²) >= 11 is 1.01. The molecule has 0 aliphatic heterocycles. The number of hydrogen-bond donors (Lipinski definition) is 3. The fraction of sp³-hybridized carbons (Fsp3) is 0.308. The molecule has 1 aromatic heterocycles. The van der Waals surface area contributed by atoms with E-state index in [0.29, 0.717) is 17.8 Å². The number of aromatic amines is 1. The topological polar surface area (TPSA) is 91.1 Å². The Labute approximate surface area is 127 Å². The Balaban J connectivity index is 2.17. The number of aromatic nitrogens is 1. The van der Waals surface area contributed by atoms with Gasteiger partial charge in [0.2, 0.25) is 10.0 Å². The average Bonchev–Trinajstić information content (AvgIpc) is 2.89. The standard InChI is InChI=1S/C13H17N3O3S2/c1-2-14-7-10-5-3-4-6-12(10)21(18,19)15-8-11-9-20-13(17)16-11/h3-6,9,14-15H,2,7-8H2,1H3,(H,16,17). The fourth-order valence-electron chi connectivity index (χ4n) is 1.82. The van der Waals surface area contributed by atoms with Crippen LogP contribution >= 0.6 is 11.3 Å². The minimum Gasteiger partial charge on any atom is -0.315 e. The zero-order valence-electron chi connectivity index (χ0n) is 11.5. The van der Waals surface area contributed by atoms with E-state index in [1.165, 1.54) is 0 Å². The summed E-state index contributed by atoms with van der Waals surface area (Å²) in [4.78, 5) is 13.7. The summed E-state index contributed by atoms with van der Waals surface area (Å²) in [7, 11) is -3.62. The van der Waals surface area contributed by atoms with Crippen molar-refractivity contribution in [3.63, 3.8) is 0 Å². The van der Waals surface area contributed by atoms with Crippen molar-refractivity contribution < 1.29 is 8.42 Å². The zero-order valence-corrected chi connectivity index (χ0v) is 13.2. The highest BCUT2D eigenvalue weighted by Crippen LogP contribution is 2.15. The Bertz CT molecular complexity index is 750. The number of sulfonamides is 1. The average molecular weight is 327 g/mol. The van der Waals surface area contributed by atoms with Crippen LogP contribution in [0.3, 0.4) is 0 Å². The van der Waals surface area contributed by atoms with Crippen LogP contribution in [-0.2, 0) is 23.1 Å². The molecule has 0 spiro atoms. The highest BCUT2D eigenvalue weighted by molar-refractivity contribution is 7.89. The van der Waals surface area contributed by atoms with Gasteiger partial charge in [-0.1, -0.05) is 36.5 Å². The summed E-state index contributed by atoms with van der Waals surface area (Å²) in [5, 5.41) is 4.72. The maximum absolute atomic E-state index is 12.4. The van der Waals surface area contributed by atoms with Crippen molar-refractivity contribution in [1.82, 2.24) is 15.0 Å². The lowest BCUT2D eigenvalue weighted by molar-refractivity contribution is 0.578. The molecule has 21 heavy (non-hydrogen) atoms. The number of H-pyrrole nitrogens is 1. The van der Waals surface area contributed by atoms with Crippen molar-refractivity contribution in [1.29, 1.82) is 0 Å². The molecule has 6 nitrogen and oxygen atoms in total. The molecule has 0 amide bonds. The van der Waals surface area contributed by atoms with Gasteiger partial charge in [0.1, 0.15) is 0 Å². The molecule has 114 valence electrons. The molecule has 0 saturated heterocycles. The molecule has 8 heteroatoms. The molecular formula is C13H17N3O3S2. The first-order valence-corrected chi connectivity index (χ1v) is 8.84. The lowest BCUT2D eigenvalue weighted by atomic mass is 10.2. The molecule has 0 aliphatic rings. The second-order valence-corrected chi connectivity index (χ2v) is 6.96. The SMILES string of the molecule is CCNCc1ccccc1S(=O)(=O)NCc1csc(=O)[nH]1. The minimum absolute atomic E-state index is 0.0661. The Morgan fingerprint density at radius 2 is 2.00 bits per heavy atom. The molecule has 0 unspecified atom stereocenters. The number of hydrogen-bond acceptors (Lipinski definition) is 5. The van der Waals surface area contributed by atoms with Crippen molar-refractivity contribution in [2.24, 2.45) is 0 Å². The minimum atomic E-state index is -3.62. The van der Waals surface area contributed by atoms with Crippen LogP contribution in [-0.4, -0.2) is 19.9 Å². The van der Waals surface area contributed by atoms with Crippen LogP contribution in [0.15, 0.2) is 39.3 Å². The summed E-state index contributed by atoms with van der Waals surface area (Å²) in [5.41, 5.74) is 1.27. The summed E-state index contributed by atoms with van der Waals surface area (Å²) in [6.45, 7) is 3.28. The van der Waals surface area contributed by atoms with Gasteiger partial charge in [-0.2, -0.15) is 0 Å². The van der Waals surface area contributed by atoms with Crippen molar-refractivity contribution in [3.05, 3.63) is 50.6 Å². The molecule has 0 aliphatic carbocycles. The van der Waals surface area contributed by atoms with Crippen LogP contribution in [0.1, 0.15) is 18.2 Å². The molecule has 0 bridgehead atoms. The molecule has 0 saturated carbocycles. The van der Waals surface area contributed by atoms with Crippen LogP contribution in [0.5, 0.6) is 0 Å². The van der Waals surface area contributed by atoms with Gasteiger partial charge in [0, 0.05) is 17.6 Å². The van der Waals surface area contributed by atoms with Gasteiger partial charge < -0.3 is 10.3 Å². The summed E-state index contributed by atoms with van der Waals surface area (Å²) < 4.78 is 27.2. The predicted molar refractivity (Wildman–Crippen MR) is 82.8 cm³/mol. The summed E-state index contributed by atoms with van der Waals surface area (Å²) in [6.07, 6.45) is 0. The zero-order chi connectivity index (χ0) is 15.3. The van der Waals surface area contributed by atoms with Crippen molar-refractivity contribution in [2.45, 2.75) is 24.9 Å². The quantitative estimate of drug-likeness (QED) is 0.708. The van der Waals surface area contributed by atoms with Crippen molar-refractivity contribution >= 4 is 21.4 Å². The largest absolute Gasteiger partial charge is 0.315 e. The Kier molecular flexibility index (Phi) is 5.29. The first-order valence-electron chi connectivity index (χ1n) is 6.48. The smallest absolute Gasteiger partial charge is 0.304 e. The van der Waals surface area contributed by atoms with Gasteiger partial charge in [0.05, 0.1) is 11.4 Å². The number of thiazole rings is 1. The van der Waals surface area contributed by atoms with Gasteiger partial charge >= 0.3 is 4.87 Å². The van der Waals surface area contributed by atoms with E-state index in [-0.39, 0.29) is 16.3 Å². The maximum atomic E-state index is 12.4. The van der Waals surface area contributed by atoms with E-state index in [0.717, 1.165) is 17.9 Å². The number of rotatable bonds is 7. The van der Waals surface area contributed by atoms with E-state index in [1.807, 2.05) is 13.0 Å².